The molecule has 4 rings (SSSR count). The first kappa shape index (κ1) is 21.8. The van der Waals surface area contributed by atoms with Crippen molar-refractivity contribution < 1.29 is 17.9 Å². The normalized spacial score (nSPS) is 14.2. The Morgan fingerprint density at radius 3 is 2.68 bits per heavy atom. The van der Waals surface area contributed by atoms with Crippen molar-refractivity contribution in [1.82, 2.24) is 9.29 Å². The highest BCUT2D eigenvalue weighted by Gasteiger charge is 2.30. The third kappa shape index (κ3) is 4.45. The van der Waals surface area contributed by atoms with E-state index in [0.717, 1.165) is 16.1 Å². The lowest BCUT2D eigenvalue weighted by Gasteiger charge is -2.25. The maximum Gasteiger partial charge on any atom is 0.261 e. The van der Waals surface area contributed by atoms with Crippen LogP contribution in [-0.4, -0.2) is 37.3 Å². The van der Waals surface area contributed by atoms with Crippen LogP contribution < -0.4 is 10.1 Å². The quantitative estimate of drug-likeness (QED) is 0.597. The molecule has 0 spiro atoms. The van der Waals surface area contributed by atoms with Gasteiger partial charge in [0.15, 0.2) is 5.13 Å². The summed E-state index contributed by atoms with van der Waals surface area (Å²) in [6.45, 7) is 2.48. The van der Waals surface area contributed by atoms with Crippen LogP contribution >= 0.6 is 22.9 Å². The van der Waals surface area contributed by atoms with Crippen molar-refractivity contribution in [3.05, 3.63) is 69.2 Å². The second kappa shape index (κ2) is 8.58. The second-order valence-corrected chi connectivity index (χ2v) is 10.5. The SMILES string of the molecule is COc1cc(Cl)ccc1C(=O)Nc1nc2c(s1)CN(S(=O)(=O)c1ccc(C)cc1)CC2. The molecule has 2 heterocycles. The Hall–Kier alpha value is -2.46. The van der Waals surface area contributed by atoms with Gasteiger partial charge in [-0.05, 0) is 37.3 Å². The van der Waals surface area contributed by atoms with Gasteiger partial charge in [0, 0.05) is 22.9 Å². The maximum absolute atomic E-state index is 13.0. The van der Waals surface area contributed by atoms with Gasteiger partial charge in [0.1, 0.15) is 5.75 Å². The summed E-state index contributed by atoms with van der Waals surface area (Å²) in [7, 11) is -2.13. The number of hydrogen-bond acceptors (Lipinski definition) is 6. The lowest BCUT2D eigenvalue weighted by Crippen LogP contribution is -2.35. The summed E-state index contributed by atoms with van der Waals surface area (Å²) in [6, 6.07) is 11.6. The highest BCUT2D eigenvalue weighted by molar-refractivity contribution is 7.89. The number of sulfonamides is 1. The molecule has 7 nitrogen and oxygen atoms in total. The van der Waals surface area contributed by atoms with E-state index in [9.17, 15) is 13.2 Å². The third-order valence-electron chi connectivity index (χ3n) is 4.98. The molecule has 162 valence electrons. The van der Waals surface area contributed by atoms with E-state index in [1.807, 2.05) is 6.92 Å². The van der Waals surface area contributed by atoms with Crippen molar-refractivity contribution >= 4 is 44.0 Å². The molecule has 0 unspecified atom stereocenters. The third-order valence-corrected chi connectivity index (χ3v) is 8.08. The number of rotatable bonds is 5. The Morgan fingerprint density at radius 1 is 1.23 bits per heavy atom. The van der Waals surface area contributed by atoms with Crippen molar-refractivity contribution in [2.45, 2.75) is 24.8 Å². The molecule has 10 heteroatoms. The predicted octanol–water partition coefficient (Wildman–Crippen LogP) is 4.11. The van der Waals surface area contributed by atoms with Crippen LogP contribution in [0.15, 0.2) is 47.4 Å². The molecule has 1 aromatic heterocycles. The summed E-state index contributed by atoms with van der Waals surface area (Å²) in [5.41, 5.74) is 2.14. The summed E-state index contributed by atoms with van der Waals surface area (Å²) in [4.78, 5) is 18.3. The van der Waals surface area contributed by atoms with Gasteiger partial charge in [0.2, 0.25) is 10.0 Å². The number of ether oxygens (including phenoxy) is 1. The maximum atomic E-state index is 13.0. The lowest BCUT2D eigenvalue weighted by atomic mass is 10.2. The van der Waals surface area contributed by atoms with E-state index in [1.54, 1.807) is 42.5 Å². The van der Waals surface area contributed by atoms with Gasteiger partial charge in [-0.15, -0.1) is 11.3 Å². The zero-order chi connectivity index (χ0) is 22.2. The van der Waals surface area contributed by atoms with Crippen molar-refractivity contribution in [1.29, 1.82) is 0 Å². The lowest BCUT2D eigenvalue weighted by molar-refractivity contribution is 0.102. The number of methoxy groups -OCH3 is 1. The molecule has 0 saturated heterocycles. The minimum Gasteiger partial charge on any atom is -0.496 e. The largest absolute Gasteiger partial charge is 0.496 e. The van der Waals surface area contributed by atoms with Gasteiger partial charge >= 0.3 is 0 Å². The highest BCUT2D eigenvalue weighted by atomic mass is 35.5. The summed E-state index contributed by atoms with van der Waals surface area (Å²) in [5.74, 6) is -0.00886. The van der Waals surface area contributed by atoms with Gasteiger partial charge in [-0.25, -0.2) is 13.4 Å². The van der Waals surface area contributed by atoms with Crippen LogP contribution in [0.25, 0.3) is 0 Å². The Labute approximate surface area is 189 Å². The molecule has 0 radical (unpaired) electrons. The molecule has 3 aromatic rings. The Bertz CT molecular complexity index is 1240. The number of halogens is 1. The van der Waals surface area contributed by atoms with E-state index in [4.69, 9.17) is 16.3 Å². The first-order valence-electron chi connectivity index (χ1n) is 9.48. The molecule has 1 aliphatic rings. The number of thiazole rings is 1. The molecule has 2 aromatic carbocycles. The number of carbonyl (C=O) groups is 1. The van der Waals surface area contributed by atoms with E-state index in [2.05, 4.69) is 10.3 Å². The zero-order valence-corrected chi connectivity index (χ0v) is 19.3. The number of nitrogens with zero attached hydrogens (tertiary/aromatic N) is 2. The Kier molecular flexibility index (Phi) is 6.02. The first-order chi connectivity index (χ1) is 14.8. The summed E-state index contributed by atoms with van der Waals surface area (Å²) >= 11 is 7.23. The van der Waals surface area contributed by atoms with E-state index >= 15 is 0 Å². The van der Waals surface area contributed by atoms with Crippen molar-refractivity contribution in [2.75, 3.05) is 19.0 Å². The molecule has 0 aliphatic carbocycles. The molecule has 1 amide bonds. The van der Waals surface area contributed by atoms with E-state index in [-0.39, 0.29) is 17.3 Å². The van der Waals surface area contributed by atoms with Gasteiger partial charge < -0.3 is 4.74 Å². The molecule has 0 fully saturated rings. The summed E-state index contributed by atoms with van der Waals surface area (Å²) in [5, 5.41) is 3.66. The topological polar surface area (TPSA) is 88.6 Å². The van der Waals surface area contributed by atoms with E-state index in [1.165, 1.54) is 22.8 Å². The summed E-state index contributed by atoms with van der Waals surface area (Å²) in [6.07, 6.45) is 0.483. The molecule has 0 saturated carbocycles. The molecular weight excluding hydrogens is 458 g/mol. The van der Waals surface area contributed by atoms with Crippen LogP contribution in [0.1, 0.15) is 26.5 Å². The van der Waals surface area contributed by atoms with Gasteiger partial charge in [-0.3, -0.25) is 10.1 Å². The van der Waals surface area contributed by atoms with Crippen LogP contribution in [0.2, 0.25) is 5.02 Å². The first-order valence-corrected chi connectivity index (χ1v) is 12.1. The van der Waals surface area contributed by atoms with E-state index < -0.39 is 10.0 Å². The van der Waals surface area contributed by atoms with Gasteiger partial charge in [0.25, 0.3) is 5.91 Å². The van der Waals surface area contributed by atoms with Gasteiger partial charge in [0.05, 0.1) is 29.8 Å². The average Bonchev–Trinajstić information content (AvgIpc) is 3.15. The molecule has 31 heavy (non-hydrogen) atoms. The molecule has 1 aliphatic heterocycles. The molecule has 0 bridgehead atoms. The minimum atomic E-state index is -3.60. The van der Waals surface area contributed by atoms with E-state index in [0.29, 0.717) is 34.4 Å². The number of aryl methyl sites for hydroxylation is 1. The fourth-order valence-electron chi connectivity index (χ4n) is 3.31. The zero-order valence-electron chi connectivity index (χ0n) is 16.9. The Morgan fingerprint density at radius 2 is 1.97 bits per heavy atom. The standard InChI is InChI=1S/C21H20ClN3O4S2/c1-13-3-6-15(7-4-13)31(27,28)25-10-9-17-19(12-25)30-21(23-17)24-20(26)16-8-5-14(22)11-18(16)29-2/h3-8,11H,9-10,12H2,1-2H3,(H,23,24,26). The van der Waals surface area contributed by atoms with Crippen LogP contribution in [0.3, 0.4) is 0 Å². The Balaban J connectivity index is 1.52. The van der Waals surface area contributed by atoms with Crippen molar-refractivity contribution in [3.63, 3.8) is 0 Å². The second-order valence-electron chi connectivity index (χ2n) is 7.09. The number of hydrogen-bond donors (Lipinski definition) is 1. The number of aromatic nitrogens is 1. The number of nitrogens with one attached hydrogen (secondary N) is 1. The van der Waals surface area contributed by atoms with Crippen molar-refractivity contribution in [2.24, 2.45) is 0 Å². The van der Waals surface area contributed by atoms with Gasteiger partial charge in [-0.2, -0.15) is 4.31 Å². The summed E-state index contributed by atoms with van der Waals surface area (Å²) < 4.78 is 32.7. The van der Waals surface area contributed by atoms with Crippen LogP contribution in [0.5, 0.6) is 5.75 Å². The highest BCUT2D eigenvalue weighted by Crippen LogP contribution is 2.32. The van der Waals surface area contributed by atoms with Crippen molar-refractivity contribution in [3.8, 4) is 5.75 Å². The molecular formula is C21H20ClN3O4S2. The average molecular weight is 478 g/mol. The number of fused-ring (bicyclic) bond motifs is 1. The predicted molar refractivity (Wildman–Crippen MR) is 121 cm³/mol. The fraction of sp³-hybridized carbons (Fsp3) is 0.238. The van der Waals surface area contributed by atoms with Crippen LogP contribution in [-0.2, 0) is 23.0 Å². The molecule has 0 atom stereocenters. The monoisotopic (exact) mass is 477 g/mol. The number of benzene rings is 2. The number of carbonyl (C=O) groups excluding carboxylic acids is 1. The van der Waals surface area contributed by atoms with Crippen LogP contribution in [0, 0.1) is 6.92 Å². The fourth-order valence-corrected chi connectivity index (χ4v) is 5.98. The minimum absolute atomic E-state index is 0.226. The molecule has 1 N–H and O–H groups in total. The number of anilines is 1. The van der Waals surface area contributed by atoms with Crippen LogP contribution in [0.4, 0.5) is 5.13 Å². The van der Waals surface area contributed by atoms with Gasteiger partial charge in [-0.1, -0.05) is 29.3 Å². The smallest absolute Gasteiger partial charge is 0.261 e. The number of amides is 1.